The van der Waals surface area contributed by atoms with Crippen LogP contribution >= 0.6 is 11.6 Å². The van der Waals surface area contributed by atoms with E-state index in [4.69, 9.17) is 11.6 Å². The molecular formula is C21H16ClF3N6O. The van der Waals surface area contributed by atoms with E-state index in [9.17, 15) is 18.0 Å². The van der Waals surface area contributed by atoms with Gasteiger partial charge in [0.15, 0.2) is 5.69 Å². The summed E-state index contributed by atoms with van der Waals surface area (Å²) in [5.74, 6) is -0.0702. The fourth-order valence-electron chi connectivity index (χ4n) is 3.21. The van der Waals surface area contributed by atoms with Crippen molar-refractivity contribution in [2.45, 2.75) is 12.2 Å². The van der Waals surface area contributed by atoms with E-state index in [1.54, 1.807) is 48.3 Å². The summed E-state index contributed by atoms with van der Waals surface area (Å²) in [6, 6.07) is 11.1. The second-order valence-corrected chi connectivity index (χ2v) is 7.35. The van der Waals surface area contributed by atoms with Crippen LogP contribution in [-0.2, 0) is 13.2 Å². The highest BCUT2D eigenvalue weighted by Crippen LogP contribution is 2.33. The number of hydrogen-bond donors (Lipinski definition) is 1. The molecule has 0 fully saturated rings. The van der Waals surface area contributed by atoms with Crippen molar-refractivity contribution in [3.8, 4) is 5.69 Å². The van der Waals surface area contributed by atoms with Gasteiger partial charge in [0.1, 0.15) is 11.9 Å². The Hall–Kier alpha value is -3.66. The number of carbonyl (C=O) groups is 1. The monoisotopic (exact) mass is 460 g/mol. The van der Waals surface area contributed by atoms with E-state index in [0.29, 0.717) is 16.4 Å². The Balaban J connectivity index is 1.64. The third-order valence-electron chi connectivity index (χ3n) is 4.78. The van der Waals surface area contributed by atoms with E-state index in [2.05, 4.69) is 20.6 Å². The second-order valence-electron chi connectivity index (χ2n) is 6.92. The molecule has 2 aromatic heterocycles. The molecule has 1 atom stereocenters. The predicted molar refractivity (Wildman–Crippen MR) is 110 cm³/mol. The van der Waals surface area contributed by atoms with Gasteiger partial charge in [-0.2, -0.15) is 13.2 Å². The Bertz CT molecular complexity index is 1250. The van der Waals surface area contributed by atoms with Crippen LogP contribution in [0.3, 0.4) is 0 Å². The molecule has 0 bridgehead atoms. The van der Waals surface area contributed by atoms with Crippen LogP contribution < -0.4 is 5.32 Å². The van der Waals surface area contributed by atoms with Gasteiger partial charge in [0.05, 0.1) is 17.4 Å². The highest BCUT2D eigenvalue weighted by molar-refractivity contribution is 6.30. The quantitative estimate of drug-likeness (QED) is 0.484. The van der Waals surface area contributed by atoms with Gasteiger partial charge < -0.3 is 9.88 Å². The smallest absolute Gasteiger partial charge is 0.337 e. The third kappa shape index (κ3) is 4.35. The maximum atomic E-state index is 13.3. The molecule has 32 heavy (non-hydrogen) atoms. The van der Waals surface area contributed by atoms with E-state index in [1.165, 1.54) is 18.2 Å². The van der Waals surface area contributed by atoms with Crippen molar-refractivity contribution in [1.29, 1.82) is 0 Å². The lowest BCUT2D eigenvalue weighted by molar-refractivity contribution is -0.137. The Labute approximate surface area is 185 Å². The number of halogens is 4. The summed E-state index contributed by atoms with van der Waals surface area (Å²) in [5, 5.41) is 10.8. The van der Waals surface area contributed by atoms with Gasteiger partial charge in [-0.05, 0) is 29.8 Å². The Morgan fingerprint density at radius 3 is 2.50 bits per heavy atom. The number of hydrogen-bond acceptors (Lipinski definition) is 4. The van der Waals surface area contributed by atoms with Gasteiger partial charge >= 0.3 is 6.18 Å². The zero-order valence-corrected chi connectivity index (χ0v) is 17.3. The van der Waals surface area contributed by atoms with Crippen LogP contribution in [0.5, 0.6) is 0 Å². The maximum absolute atomic E-state index is 13.3. The predicted octanol–water partition coefficient (Wildman–Crippen LogP) is 4.19. The number of nitrogens with one attached hydrogen (secondary N) is 1. The molecule has 0 aliphatic heterocycles. The molecule has 4 rings (SSSR count). The van der Waals surface area contributed by atoms with Crippen LogP contribution in [0, 0.1) is 0 Å². The highest BCUT2D eigenvalue weighted by atomic mass is 35.5. The van der Waals surface area contributed by atoms with E-state index in [1.807, 2.05) is 0 Å². The van der Waals surface area contributed by atoms with Crippen molar-refractivity contribution in [3.63, 3.8) is 0 Å². The molecule has 2 aromatic carbocycles. The zero-order chi connectivity index (χ0) is 22.9. The lowest BCUT2D eigenvalue weighted by Crippen LogP contribution is -2.31. The molecule has 0 aliphatic rings. The van der Waals surface area contributed by atoms with Crippen molar-refractivity contribution >= 4 is 17.5 Å². The van der Waals surface area contributed by atoms with Crippen LogP contribution in [0.25, 0.3) is 5.69 Å². The SMILES string of the molecule is Cn1ccnc1[C@H](NC(=O)c1cn(-c2ccccc2C(F)(F)F)nn1)c1ccc(Cl)cc1. The van der Waals surface area contributed by atoms with E-state index < -0.39 is 23.7 Å². The van der Waals surface area contributed by atoms with Crippen LogP contribution in [0.4, 0.5) is 13.2 Å². The Kier molecular flexibility index (Phi) is 5.70. The summed E-state index contributed by atoms with van der Waals surface area (Å²) >= 11 is 5.97. The molecule has 0 saturated heterocycles. The van der Waals surface area contributed by atoms with Gasteiger partial charge in [0.2, 0.25) is 0 Å². The van der Waals surface area contributed by atoms with Crippen molar-refractivity contribution in [2.24, 2.45) is 7.05 Å². The summed E-state index contributed by atoms with van der Waals surface area (Å²) in [6.45, 7) is 0. The number of amides is 1. The van der Waals surface area contributed by atoms with Crippen molar-refractivity contribution in [2.75, 3.05) is 0 Å². The van der Waals surface area contributed by atoms with E-state index in [0.717, 1.165) is 16.9 Å². The lowest BCUT2D eigenvalue weighted by Gasteiger charge is -2.18. The molecule has 2 heterocycles. The molecule has 1 amide bonds. The molecule has 1 N–H and O–H groups in total. The van der Waals surface area contributed by atoms with Crippen LogP contribution in [0.1, 0.15) is 33.5 Å². The molecule has 0 unspecified atom stereocenters. The summed E-state index contributed by atoms with van der Waals surface area (Å²) in [4.78, 5) is 17.2. The number of aryl methyl sites for hydroxylation is 1. The van der Waals surface area contributed by atoms with Crippen LogP contribution in [-0.4, -0.2) is 30.5 Å². The molecule has 11 heteroatoms. The minimum atomic E-state index is -4.58. The normalized spacial score (nSPS) is 12.5. The highest BCUT2D eigenvalue weighted by Gasteiger charge is 2.34. The molecule has 0 radical (unpaired) electrons. The standard InChI is InChI=1S/C21H16ClF3N6O/c1-30-11-10-26-19(30)18(13-6-8-14(22)9-7-13)27-20(32)16-12-31(29-28-16)17-5-3-2-4-15(17)21(23,24)25/h2-12,18H,1H3,(H,27,32)/t18-/m1/s1. The van der Waals surface area contributed by atoms with E-state index in [-0.39, 0.29) is 11.4 Å². The Morgan fingerprint density at radius 1 is 1.12 bits per heavy atom. The molecule has 0 aliphatic carbocycles. The first-order valence-electron chi connectivity index (χ1n) is 9.36. The first-order chi connectivity index (χ1) is 15.2. The summed E-state index contributed by atoms with van der Waals surface area (Å²) in [6.07, 6.45) is -0.108. The van der Waals surface area contributed by atoms with Gasteiger partial charge in [0, 0.05) is 24.5 Å². The van der Waals surface area contributed by atoms with Crippen molar-refractivity contribution in [3.05, 3.63) is 94.8 Å². The number of rotatable bonds is 5. The molecule has 164 valence electrons. The Morgan fingerprint density at radius 2 is 1.84 bits per heavy atom. The molecule has 4 aromatic rings. The number of aromatic nitrogens is 5. The maximum Gasteiger partial charge on any atom is 0.418 e. The summed E-state index contributed by atoms with van der Waals surface area (Å²) in [5.41, 5.74) is -0.546. The first kappa shape index (κ1) is 21.6. The molecule has 0 spiro atoms. The lowest BCUT2D eigenvalue weighted by atomic mass is 10.1. The van der Waals surface area contributed by atoms with Crippen molar-refractivity contribution < 1.29 is 18.0 Å². The number of nitrogens with zero attached hydrogens (tertiary/aromatic N) is 5. The number of alkyl halides is 3. The van der Waals surface area contributed by atoms with Gasteiger partial charge in [-0.1, -0.05) is 41.1 Å². The fraction of sp³-hybridized carbons (Fsp3) is 0.143. The number of imidazole rings is 1. The summed E-state index contributed by atoms with van der Waals surface area (Å²) in [7, 11) is 1.78. The number of benzene rings is 2. The van der Waals surface area contributed by atoms with Crippen molar-refractivity contribution in [1.82, 2.24) is 29.9 Å². The molecule has 7 nitrogen and oxygen atoms in total. The zero-order valence-electron chi connectivity index (χ0n) is 16.6. The third-order valence-corrected chi connectivity index (χ3v) is 5.03. The van der Waals surface area contributed by atoms with Gasteiger partial charge in [0.25, 0.3) is 5.91 Å². The summed E-state index contributed by atoms with van der Waals surface area (Å²) < 4.78 is 42.6. The first-order valence-corrected chi connectivity index (χ1v) is 9.74. The molecular weight excluding hydrogens is 445 g/mol. The minimum Gasteiger partial charge on any atom is -0.337 e. The average Bonchev–Trinajstić information content (AvgIpc) is 3.41. The van der Waals surface area contributed by atoms with Gasteiger partial charge in [-0.3, -0.25) is 4.79 Å². The molecule has 0 saturated carbocycles. The van der Waals surface area contributed by atoms with Crippen LogP contribution in [0.2, 0.25) is 5.02 Å². The van der Waals surface area contributed by atoms with Gasteiger partial charge in [-0.15, -0.1) is 5.10 Å². The average molecular weight is 461 g/mol. The minimum absolute atomic E-state index is 0.143. The second kappa shape index (κ2) is 8.46. The topological polar surface area (TPSA) is 77.6 Å². The van der Waals surface area contributed by atoms with E-state index >= 15 is 0 Å². The van der Waals surface area contributed by atoms with Gasteiger partial charge in [-0.25, -0.2) is 9.67 Å². The largest absolute Gasteiger partial charge is 0.418 e. The number of para-hydroxylation sites is 1. The fourth-order valence-corrected chi connectivity index (χ4v) is 3.34. The number of carbonyl (C=O) groups excluding carboxylic acids is 1. The van der Waals surface area contributed by atoms with Crippen LogP contribution in [0.15, 0.2) is 67.1 Å².